The molecule has 0 saturated heterocycles. The minimum Gasteiger partial charge on any atom is -0.460 e. The number of ketones is 1. The van der Waals surface area contributed by atoms with Crippen molar-refractivity contribution in [1.29, 1.82) is 0 Å². The molecule has 0 aliphatic rings. The van der Waals surface area contributed by atoms with Crippen LogP contribution in [0.5, 0.6) is 0 Å². The van der Waals surface area contributed by atoms with E-state index in [0.717, 1.165) is 0 Å². The molecule has 0 radical (unpaired) electrons. The predicted octanol–water partition coefficient (Wildman–Crippen LogP) is 1.55. The summed E-state index contributed by atoms with van der Waals surface area (Å²) in [5, 5.41) is 0. The van der Waals surface area contributed by atoms with Crippen molar-refractivity contribution < 1.29 is 14.3 Å². The van der Waals surface area contributed by atoms with Gasteiger partial charge in [0.05, 0.1) is 6.61 Å². The Morgan fingerprint density at radius 2 is 1.75 bits per heavy atom. The van der Waals surface area contributed by atoms with Gasteiger partial charge in [0.1, 0.15) is 0 Å². The summed E-state index contributed by atoms with van der Waals surface area (Å²) in [6, 6.07) is 0. The normalized spacial score (nSPS) is 11.0. The molecular weight excluding hydrogens is 156 g/mol. The summed E-state index contributed by atoms with van der Waals surface area (Å²) in [5.41, 5.74) is -0.591. The molecule has 0 N–H and O–H groups in total. The fourth-order valence-corrected chi connectivity index (χ4v) is 0.633. The molecule has 3 heteroatoms. The summed E-state index contributed by atoms with van der Waals surface area (Å²) in [6.45, 7) is 7.30. The van der Waals surface area contributed by atoms with Gasteiger partial charge in [-0.1, -0.05) is 20.8 Å². The Labute approximate surface area is 73.1 Å². The second-order valence-electron chi connectivity index (χ2n) is 3.29. The molecule has 0 aliphatic carbocycles. The first-order chi connectivity index (χ1) is 5.45. The Morgan fingerprint density at radius 1 is 1.25 bits per heavy atom. The van der Waals surface area contributed by atoms with E-state index >= 15 is 0 Å². The van der Waals surface area contributed by atoms with E-state index in [1.807, 2.05) is 6.92 Å². The molecular formula is C9H16O3. The zero-order valence-electron chi connectivity index (χ0n) is 8.14. The van der Waals surface area contributed by atoms with Gasteiger partial charge < -0.3 is 4.74 Å². The van der Waals surface area contributed by atoms with Crippen LogP contribution in [-0.4, -0.2) is 18.4 Å². The quantitative estimate of drug-likeness (QED) is 0.477. The molecule has 0 aliphatic heterocycles. The molecule has 0 spiro atoms. The van der Waals surface area contributed by atoms with Crippen LogP contribution in [-0.2, 0) is 14.3 Å². The second-order valence-corrected chi connectivity index (χ2v) is 3.29. The lowest BCUT2D eigenvalue weighted by Crippen LogP contribution is -2.32. The minimum absolute atomic E-state index is 0.254. The smallest absolute Gasteiger partial charge is 0.375 e. The summed E-state index contributed by atoms with van der Waals surface area (Å²) in [6.07, 6.45) is 0.643. The summed E-state index contributed by atoms with van der Waals surface area (Å²) in [7, 11) is 0. The maximum Gasteiger partial charge on any atom is 0.375 e. The van der Waals surface area contributed by atoms with E-state index in [0.29, 0.717) is 6.42 Å². The van der Waals surface area contributed by atoms with Gasteiger partial charge in [-0.15, -0.1) is 0 Å². The van der Waals surface area contributed by atoms with E-state index in [9.17, 15) is 9.59 Å². The topological polar surface area (TPSA) is 43.4 Å². The Hall–Kier alpha value is -0.860. The number of rotatable bonds is 4. The molecule has 0 atom stereocenters. The van der Waals surface area contributed by atoms with Crippen LogP contribution in [0.1, 0.15) is 34.1 Å². The molecule has 0 bridgehead atoms. The number of hydrogen-bond acceptors (Lipinski definition) is 3. The highest BCUT2D eigenvalue weighted by Gasteiger charge is 2.32. The van der Waals surface area contributed by atoms with Crippen molar-refractivity contribution in [3.8, 4) is 0 Å². The highest BCUT2D eigenvalue weighted by atomic mass is 16.5. The molecule has 0 aromatic rings. The molecule has 12 heavy (non-hydrogen) atoms. The summed E-state index contributed by atoms with van der Waals surface area (Å²) in [4.78, 5) is 22.3. The maximum atomic E-state index is 11.3. The Bertz CT molecular complexity index is 182. The van der Waals surface area contributed by atoms with Crippen molar-refractivity contribution in [2.24, 2.45) is 5.41 Å². The van der Waals surface area contributed by atoms with Crippen molar-refractivity contribution in [3.05, 3.63) is 0 Å². The second kappa shape index (κ2) is 4.24. The van der Waals surface area contributed by atoms with Crippen molar-refractivity contribution in [3.63, 3.8) is 0 Å². The van der Waals surface area contributed by atoms with E-state index < -0.39 is 17.2 Å². The van der Waals surface area contributed by atoms with E-state index in [-0.39, 0.29) is 6.61 Å². The third-order valence-corrected chi connectivity index (χ3v) is 1.96. The lowest BCUT2D eigenvalue weighted by Gasteiger charge is -2.18. The number of carbonyl (C=O) groups excluding carboxylic acids is 2. The van der Waals surface area contributed by atoms with Crippen LogP contribution in [0.15, 0.2) is 0 Å². The van der Waals surface area contributed by atoms with Crippen LogP contribution in [0.4, 0.5) is 0 Å². The molecule has 0 aromatic heterocycles. The minimum atomic E-state index is -0.718. The van der Waals surface area contributed by atoms with Gasteiger partial charge in [0.15, 0.2) is 0 Å². The van der Waals surface area contributed by atoms with E-state index in [1.165, 1.54) is 0 Å². The average molecular weight is 172 g/mol. The van der Waals surface area contributed by atoms with Crippen molar-refractivity contribution >= 4 is 11.8 Å². The molecule has 3 nitrogen and oxygen atoms in total. The SMILES string of the molecule is CCOC(=O)C(=O)C(C)(C)CC. The molecule has 0 unspecified atom stereocenters. The van der Waals surface area contributed by atoms with Crippen LogP contribution in [0, 0.1) is 5.41 Å². The lowest BCUT2D eigenvalue weighted by atomic mass is 9.85. The van der Waals surface area contributed by atoms with Crippen LogP contribution < -0.4 is 0 Å². The van der Waals surface area contributed by atoms with Crippen molar-refractivity contribution in [2.45, 2.75) is 34.1 Å². The summed E-state index contributed by atoms with van der Waals surface area (Å²) < 4.78 is 4.60. The van der Waals surface area contributed by atoms with Crippen molar-refractivity contribution in [2.75, 3.05) is 6.61 Å². The zero-order chi connectivity index (χ0) is 9.78. The van der Waals surface area contributed by atoms with Gasteiger partial charge in [0.2, 0.25) is 5.78 Å². The molecule has 70 valence electrons. The number of ether oxygens (including phenoxy) is 1. The van der Waals surface area contributed by atoms with E-state index in [2.05, 4.69) is 4.74 Å². The number of Topliss-reactive ketones (excluding diaryl/α,β-unsaturated/α-hetero) is 1. The monoisotopic (exact) mass is 172 g/mol. The van der Waals surface area contributed by atoms with Crippen molar-refractivity contribution in [1.82, 2.24) is 0 Å². The predicted molar refractivity (Wildman–Crippen MR) is 45.7 cm³/mol. The highest BCUT2D eigenvalue weighted by Crippen LogP contribution is 2.21. The highest BCUT2D eigenvalue weighted by molar-refractivity contribution is 6.35. The van der Waals surface area contributed by atoms with Crippen LogP contribution >= 0.6 is 0 Å². The average Bonchev–Trinajstić information content (AvgIpc) is 2.03. The summed E-state index contributed by atoms with van der Waals surface area (Å²) in [5.74, 6) is -1.16. The van der Waals surface area contributed by atoms with Gasteiger partial charge in [-0.2, -0.15) is 0 Å². The first kappa shape index (κ1) is 11.1. The molecule has 0 rings (SSSR count). The Kier molecular flexibility index (Phi) is 3.93. The Balaban J connectivity index is 4.29. The van der Waals surface area contributed by atoms with Gasteiger partial charge in [-0.3, -0.25) is 4.79 Å². The van der Waals surface area contributed by atoms with Gasteiger partial charge in [0, 0.05) is 5.41 Å². The fourth-order valence-electron chi connectivity index (χ4n) is 0.633. The van der Waals surface area contributed by atoms with Crippen LogP contribution in [0.3, 0.4) is 0 Å². The van der Waals surface area contributed by atoms with Gasteiger partial charge in [0.25, 0.3) is 0 Å². The molecule has 0 aromatic carbocycles. The standard InChI is InChI=1S/C9H16O3/c1-5-9(3,4)7(10)8(11)12-6-2/h5-6H2,1-4H3. The fraction of sp³-hybridized carbons (Fsp3) is 0.778. The zero-order valence-corrected chi connectivity index (χ0v) is 8.14. The third-order valence-electron chi connectivity index (χ3n) is 1.96. The van der Waals surface area contributed by atoms with E-state index in [1.54, 1.807) is 20.8 Å². The van der Waals surface area contributed by atoms with Gasteiger partial charge >= 0.3 is 5.97 Å². The number of esters is 1. The largest absolute Gasteiger partial charge is 0.460 e. The number of carbonyl (C=O) groups is 2. The van der Waals surface area contributed by atoms with Crippen LogP contribution in [0.25, 0.3) is 0 Å². The summed E-state index contributed by atoms with van der Waals surface area (Å²) >= 11 is 0. The third kappa shape index (κ3) is 2.64. The number of hydrogen-bond donors (Lipinski definition) is 0. The first-order valence-corrected chi connectivity index (χ1v) is 4.17. The van der Waals surface area contributed by atoms with E-state index in [4.69, 9.17) is 0 Å². The van der Waals surface area contributed by atoms with Crippen LogP contribution in [0.2, 0.25) is 0 Å². The Morgan fingerprint density at radius 3 is 2.08 bits per heavy atom. The van der Waals surface area contributed by atoms with Gasteiger partial charge in [-0.25, -0.2) is 4.79 Å². The van der Waals surface area contributed by atoms with Gasteiger partial charge in [-0.05, 0) is 13.3 Å². The molecule has 0 heterocycles. The first-order valence-electron chi connectivity index (χ1n) is 4.17. The molecule has 0 saturated carbocycles. The lowest BCUT2D eigenvalue weighted by molar-refractivity contribution is -0.157. The molecule has 0 fully saturated rings. The molecule has 0 amide bonds. The maximum absolute atomic E-state index is 11.3.